The SMILES string of the molecule is Cc1noc(-c2cc(O)c(O)cc2NS(=O)(=O)c2ccccc2)n1. The Labute approximate surface area is 137 Å². The smallest absolute Gasteiger partial charge is 0.261 e. The average molecular weight is 347 g/mol. The maximum atomic E-state index is 12.5. The molecular formula is C15H13N3O5S. The van der Waals surface area contributed by atoms with E-state index >= 15 is 0 Å². The molecule has 0 spiro atoms. The fourth-order valence-corrected chi connectivity index (χ4v) is 3.14. The van der Waals surface area contributed by atoms with Gasteiger partial charge in [0.1, 0.15) is 0 Å². The van der Waals surface area contributed by atoms with Gasteiger partial charge in [-0.25, -0.2) is 8.42 Å². The summed E-state index contributed by atoms with van der Waals surface area (Å²) in [5.41, 5.74) is 0.142. The van der Waals surface area contributed by atoms with Gasteiger partial charge in [-0.3, -0.25) is 4.72 Å². The van der Waals surface area contributed by atoms with Crippen molar-refractivity contribution in [3.63, 3.8) is 0 Å². The summed E-state index contributed by atoms with van der Waals surface area (Å²) in [7, 11) is -3.90. The number of hydrogen-bond donors (Lipinski definition) is 3. The number of rotatable bonds is 4. The zero-order chi connectivity index (χ0) is 17.3. The number of hydrogen-bond acceptors (Lipinski definition) is 7. The van der Waals surface area contributed by atoms with Gasteiger partial charge in [-0.2, -0.15) is 4.98 Å². The number of benzene rings is 2. The van der Waals surface area contributed by atoms with Crippen molar-refractivity contribution in [1.82, 2.24) is 10.1 Å². The van der Waals surface area contributed by atoms with Gasteiger partial charge < -0.3 is 14.7 Å². The van der Waals surface area contributed by atoms with Crippen LogP contribution >= 0.6 is 0 Å². The first-order valence-corrected chi connectivity index (χ1v) is 8.29. The first-order chi connectivity index (χ1) is 11.4. The Balaban J connectivity index is 2.09. The monoisotopic (exact) mass is 347 g/mol. The van der Waals surface area contributed by atoms with Gasteiger partial charge in [0.05, 0.1) is 16.1 Å². The molecule has 24 heavy (non-hydrogen) atoms. The molecular weight excluding hydrogens is 334 g/mol. The van der Waals surface area contributed by atoms with Crippen molar-refractivity contribution in [2.75, 3.05) is 4.72 Å². The topological polar surface area (TPSA) is 126 Å². The summed E-state index contributed by atoms with van der Waals surface area (Å²) >= 11 is 0. The van der Waals surface area contributed by atoms with E-state index in [1.54, 1.807) is 25.1 Å². The summed E-state index contributed by atoms with van der Waals surface area (Å²) in [4.78, 5) is 4.06. The first-order valence-electron chi connectivity index (χ1n) is 6.81. The van der Waals surface area contributed by atoms with Crippen LogP contribution in [0.15, 0.2) is 51.9 Å². The Morgan fingerprint density at radius 1 is 1.08 bits per heavy atom. The van der Waals surface area contributed by atoms with Crippen molar-refractivity contribution in [3.05, 3.63) is 48.3 Å². The van der Waals surface area contributed by atoms with Crippen LogP contribution in [0.1, 0.15) is 5.82 Å². The molecule has 2 aromatic carbocycles. The molecule has 0 aliphatic rings. The van der Waals surface area contributed by atoms with Crippen LogP contribution in [0.5, 0.6) is 11.5 Å². The fraction of sp³-hybridized carbons (Fsp3) is 0.0667. The summed E-state index contributed by atoms with van der Waals surface area (Å²) < 4.78 is 32.3. The van der Waals surface area contributed by atoms with Gasteiger partial charge in [0.25, 0.3) is 15.9 Å². The van der Waals surface area contributed by atoms with Crippen LogP contribution in [0.25, 0.3) is 11.5 Å². The Morgan fingerprint density at radius 3 is 2.38 bits per heavy atom. The molecule has 124 valence electrons. The summed E-state index contributed by atoms with van der Waals surface area (Å²) in [5, 5.41) is 23.0. The van der Waals surface area contributed by atoms with Gasteiger partial charge in [0.2, 0.25) is 0 Å². The van der Waals surface area contributed by atoms with Crippen molar-refractivity contribution in [1.29, 1.82) is 0 Å². The molecule has 0 atom stereocenters. The number of nitrogens with zero attached hydrogens (tertiary/aromatic N) is 2. The maximum absolute atomic E-state index is 12.5. The molecule has 0 aliphatic heterocycles. The molecule has 3 aromatic rings. The molecule has 9 heteroatoms. The van der Waals surface area contributed by atoms with Crippen LogP contribution < -0.4 is 4.72 Å². The van der Waals surface area contributed by atoms with E-state index in [0.717, 1.165) is 12.1 Å². The molecule has 8 nitrogen and oxygen atoms in total. The number of aromatic nitrogens is 2. The highest BCUT2D eigenvalue weighted by Gasteiger charge is 2.21. The number of sulfonamides is 1. The minimum Gasteiger partial charge on any atom is -0.504 e. The molecule has 0 saturated carbocycles. The summed E-state index contributed by atoms with van der Waals surface area (Å²) in [6, 6.07) is 9.95. The highest BCUT2D eigenvalue weighted by Crippen LogP contribution is 2.37. The highest BCUT2D eigenvalue weighted by atomic mass is 32.2. The van der Waals surface area contributed by atoms with E-state index in [1.807, 2.05) is 0 Å². The first kappa shape index (κ1) is 15.8. The van der Waals surface area contributed by atoms with E-state index in [2.05, 4.69) is 14.9 Å². The Kier molecular flexibility index (Phi) is 3.86. The molecule has 0 saturated heterocycles. The molecule has 1 aromatic heterocycles. The lowest BCUT2D eigenvalue weighted by Gasteiger charge is -2.12. The number of phenolic OH excluding ortho intramolecular Hbond substituents is 2. The van der Waals surface area contributed by atoms with E-state index in [-0.39, 0.29) is 22.0 Å². The van der Waals surface area contributed by atoms with Crippen LogP contribution in [-0.2, 0) is 10.0 Å². The maximum Gasteiger partial charge on any atom is 0.261 e. The second-order valence-electron chi connectivity index (χ2n) is 4.95. The molecule has 0 fully saturated rings. The zero-order valence-corrected chi connectivity index (χ0v) is 13.3. The van der Waals surface area contributed by atoms with Crippen LogP contribution in [0.2, 0.25) is 0 Å². The highest BCUT2D eigenvalue weighted by molar-refractivity contribution is 7.92. The van der Waals surface area contributed by atoms with Gasteiger partial charge in [-0.1, -0.05) is 23.4 Å². The van der Waals surface area contributed by atoms with Crippen LogP contribution in [0.4, 0.5) is 5.69 Å². The summed E-state index contributed by atoms with van der Waals surface area (Å²) in [6.45, 7) is 1.60. The van der Waals surface area contributed by atoms with E-state index < -0.39 is 21.5 Å². The minimum absolute atomic E-state index is 0.00203. The number of phenols is 2. The summed E-state index contributed by atoms with van der Waals surface area (Å²) in [6.07, 6.45) is 0. The molecule has 3 rings (SSSR count). The standard InChI is InChI=1S/C15H13N3O5S/c1-9-16-15(23-17-9)11-7-13(19)14(20)8-12(11)18-24(21,22)10-5-3-2-4-6-10/h2-8,18-20H,1H3. The molecule has 0 unspecified atom stereocenters. The van der Waals surface area contributed by atoms with E-state index in [0.29, 0.717) is 5.82 Å². The number of aromatic hydroxyl groups is 2. The predicted octanol–water partition coefficient (Wildman–Crippen LogP) is 2.26. The lowest BCUT2D eigenvalue weighted by Crippen LogP contribution is -2.13. The Bertz CT molecular complexity index is 984. The predicted molar refractivity (Wildman–Crippen MR) is 85.1 cm³/mol. The van der Waals surface area contributed by atoms with Gasteiger partial charge in [0, 0.05) is 6.07 Å². The molecule has 3 N–H and O–H groups in total. The van der Waals surface area contributed by atoms with E-state index in [9.17, 15) is 18.6 Å². The quantitative estimate of drug-likeness (QED) is 0.488. The number of anilines is 1. The van der Waals surface area contributed by atoms with Crippen molar-refractivity contribution in [2.24, 2.45) is 0 Å². The molecule has 0 radical (unpaired) electrons. The van der Waals surface area contributed by atoms with Crippen LogP contribution in [0, 0.1) is 6.92 Å². The second-order valence-corrected chi connectivity index (χ2v) is 6.63. The minimum atomic E-state index is -3.90. The van der Waals surface area contributed by atoms with E-state index in [1.165, 1.54) is 12.1 Å². The van der Waals surface area contributed by atoms with E-state index in [4.69, 9.17) is 4.52 Å². The molecule has 0 aliphatic carbocycles. The van der Waals surface area contributed by atoms with Crippen molar-refractivity contribution in [2.45, 2.75) is 11.8 Å². The molecule has 0 amide bonds. The third-order valence-corrected chi connectivity index (χ3v) is 4.55. The van der Waals surface area contributed by atoms with Gasteiger partial charge in [-0.05, 0) is 25.1 Å². The lowest BCUT2D eigenvalue weighted by molar-refractivity contribution is 0.403. The zero-order valence-electron chi connectivity index (χ0n) is 12.5. The van der Waals surface area contributed by atoms with Gasteiger partial charge in [-0.15, -0.1) is 0 Å². The normalized spacial score (nSPS) is 11.4. The fourth-order valence-electron chi connectivity index (χ4n) is 2.05. The van der Waals surface area contributed by atoms with Crippen molar-refractivity contribution >= 4 is 15.7 Å². The van der Waals surface area contributed by atoms with Crippen molar-refractivity contribution in [3.8, 4) is 23.0 Å². The average Bonchev–Trinajstić information content (AvgIpc) is 2.97. The molecule has 0 bridgehead atoms. The molecule has 1 heterocycles. The van der Waals surface area contributed by atoms with Crippen molar-refractivity contribution < 1.29 is 23.2 Å². The van der Waals surface area contributed by atoms with Gasteiger partial charge in [0.15, 0.2) is 17.3 Å². The summed E-state index contributed by atoms with van der Waals surface area (Å²) in [5.74, 6) is -0.577. The number of aryl methyl sites for hydroxylation is 1. The lowest BCUT2D eigenvalue weighted by atomic mass is 10.1. The largest absolute Gasteiger partial charge is 0.504 e. The Morgan fingerprint density at radius 2 is 1.75 bits per heavy atom. The van der Waals surface area contributed by atoms with Crippen LogP contribution in [-0.4, -0.2) is 28.8 Å². The third-order valence-electron chi connectivity index (χ3n) is 3.17. The number of nitrogens with one attached hydrogen (secondary N) is 1. The third kappa shape index (κ3) is 3.01. The second kappa shape index (κ2) is 5.85. The van der Waals surface area contributed by atoms with Crippen LogP contribution in [0.3, 0.4) is 0 Å². The Hall–Kier alpha value is -3.07. The van der Waals surface area contributed by atoms with Gasteiger partial charge >= 0.3 is 0 Å².